The van der Waals surface area contributed by atoms with Gasteiger partial charge in [-0.05, 0) is 30.7 Å². The van der Waals surface area contributed by atoms with Crippen molar-refractivity contribution < 1.29 is 4.74 Å². The number of rotatable bonds is 5. The largest absolute Gasteiger partial charge is 0.495 e. The average Bonchev–Trinajstić information content (AvgIpc) is 2.16. The molecule has 0 saturated carbocycles. The molecular weight excluding hydrogens is 245 g/mol. The molecule has 0 atom stereocenters. The summed E-state index contributed by atoms with van der Waals surface area (Å²) in [4.78, 5) is 0. The Balaban J connectivity index is 2.77. The fourth-order valence-corrected chi connectivity index (χ4v) is 2.14. The topological polar surface area (TPSA) is 21.3 Å². The van der Waals surface area contributed by atoms with Gasteiger partial charge in [0, 0.05) is 11.1 Å². The first kappa shape index (κ1) is 13.6. The minimum Gasteiger partial charge on any atom is -0.495 e. The molecule has 0 bridgehead atoms. The van der Waals surface area contributed by atoms with Crippen molar-refractivity contribution in [3.8, 4) is 5.75 Å². The molecule has 1 aromatic rings. The van der Waals surface area contributed by atoms with Gasteiger partial charge in [0.1, 0.15) is 5.75 Å². The highest BCUT2D eigenvalue weighted by molar-refractivity contribution is 6.35. The third kappa shape index (κ3) is 3.85. The van der Waals surface area contributed by atoms with Crippen LogP contribution in [0.1, 0.15) is 19.4 Å². The molecule has 1 N–H and O–H groups in total. The molecule has 0 aliphatic rings. The van der Waals surface area contributed by atoms with E-state index in [2.05, 4.69) is 19.2 Å². The molecule has 0 aliphatic carbocycles. The molecule has 90 valence electrons. The highest BCUT2D eigenvalue weighted by atomic mass is 35.5. The van der Waals surface area contributed by atoms with Crippen molar-refractivity contribution in [1.82, 2.24) is 5.32 Å². The summed E-state index contributed by atoms with van der Waals surface area (Å²) >= 11 is 12.0. The summed E-state index contributed by atoms with van der Waals surface area (Å²) in [7, 11) is 1.62. The van der Waals surface area contributed by atoms with Gasteiger partial charge in [-0.1, -0.05) is 37.0 Å². The normalized spacial score (nSPS) is 10.9. The first-order valence-corrected chi connectivity index (χ1v) is 6.05. The number of benzene rings is 1. The van der Waals surface area contributed by atoms with Gasteiger partial charge in [-0.3, -0.25) is 0 Å². The van der Waals surface area contributed by atoms with E-state index < -0.39 is 0 Å². The van der Waals surface area contributed by atoms with Crippen LogP contribution < -0.4 is 10.1 Å². The van der Waals surface area contributed by atoms with Crippen LogP contribution in [0.15, 0.2) is 12.1 Å². The maximum absolute atomic E-state index is 6.05. The van der Waals surface area contributed by atoms with Crippen LogP contribution in [0.25, 0.3) is 0 Å². The van der Waals surface area contributed by atoms with Gasteiger partial charge in [-0.25, -0.2) is 0 Å². The molecule has 0 amide bonds. The van der Waals surface area contributed by atoms with Crippen molar-refractivity contribution in [3.63, 3.8) is 0 Å². The van der Waals surface area contributed by atoms with Gasteiger partial charge < -0.3 is 10.1 Å². The molecule has 0 aromatic heterocycles. The van der Waals surface area contributed by atoms with E-state index in [0.29, 0.717) is 16.1 Å². The van der Waals surface area contributed by atoms with E-state index in [4.69, 9.17) is 27.9 Å². The predicted octanol–water partition coefficient (Wildman–Crippen LogP) is 3.54. The van der Waals surface area contributed by atoms with E-state index in [9.17, 15) is 0 Å². The van der Waals surface area contributed by atoms with Crippen LogP contribution in [0, 0.1) is 0 Å². The lowest BCUT2D eigenvalue weighted by Crippen LogP contribution is -2.25. The Morgan fingerprint density at radius 1 is 1.31 bits per heavy atom. The highest BCUT2D eigenvalue weighted by Gasteiger charge is 2.09. The van der Waals surface area contributed by atoms with Gasteiger partial charge in [0.15, 0.2) is 0 Å². The lowest BCUT2D eigenvalue weighted by atomic mass is 10.1. The van der Waals surface area contributed by atoms with Crippen molar-refractivity contribution in [3.05, 3.63) is 27.7 Å². The molecule has 4 heteroatoms. The molecule has 2 nitrogen and oxygen atoms in total. The second-order valence-electron chi connectivity index (χ2n) is 3.94. The van der Waals surface area contributed by atoms with Gasteiger partial charge in [-0.2, -0.15) is 0 Å². The van der Waals surface area contributed by atoms with E-state index in [1.54, 1.807) is 13.2 Å². The average molecular weight is 262 g/mol. The minimum absolute atomic E-state index is 0.473. The second-order valence-corrected chi connectivity index (χ2v) is 4.78. The lowest BCUT2D eigenvalue weighted by Gasteiger charge is -2.12. The Kier molecular flexibility index (Phi) is 5.39. The summed E-state index contributed by atoms with van der Waals surface area (Å²) in [6, 6.07) is 4.07. The van der Waals surface area contributed by atoms with Crippen molar-refractivity contribution >= 4 is 23.2 Å². The van der Waals surface area contributed by atoms with E-state index in [1.165, 1.54) is 0 Å². The number of methoxy groups -OCH3 is 1. The summed E-state index contributed by atoms with van der Waals surface area (Å²) in [5, 5.41) is 4.55. The van der Waals surface area contributed by atoms with Crippen LogP contribution in [-0.4, -0.2) is 19.7 Å². The van der Waals surface area contributed by atoms with Gasteiger partial charge in [0.05, 0.1) is 12.1 Å². The molecule has 0 fully saturated rings. The molecule has 1 rings (SSSR count). The van der Waals surface area contributed by atoms with Crippen molar-refractivity contribution in [2.75, 3.05) is 13.7 Å². The third-order valence-electron chi connectivity index (χ3n) is 2.24. The molecule has 0 spiro atoms. The summed E-state index contributed by atoms with van der Waals surface area (Å²) in [5.41, 5.74) is 1.04. The molecule has 1 aromatic carbocycles. The van der Waals surface area contributed by atoms with Crippen LogP contribution in [-0.2, 0) is 6.42 Å². The van der Waals surface area contributed by atoms with E-state index in [-0.39, 0.29) is 0 Å². The first-order valence-electron chi connectivity index (χ1n) is 5.30. The molecule has 16 heavy (non-hydrogen) atoms. The van der Waals surface area contributed by atoms with Gasteiger partial charge >= 0.3 is 0 Å². The number of ether oxygens (including phenoxy) is 1. The van der Waals surface area contributed by atoms with Gasteiger partial charge in [0.2, 0.25) is 0 Å². The van der Waals surface area contributed by atoms with Crippen molar-refractivity contribution in [2.24, 2.45) is 0 Å². The maximum Gasteiger partial charge on any atom is 0.140 e. The van der Waals surface area contributed by atoms with E-state index >= 15 is 0 Å². The Morgan fingerprint density at radius 2 is 2.00 bits per heavy atom. The van der Waals surface area contributed by atoms with Crippen molar-refractivity contribution in [1.29, 1.82) is 0 Å². The molecule has 0 radical (unpaired) electrons. The predicted molar refractivity (Wildman–Crippen MR) is 69.9 cm³/mol. The van der Waals surface area contributed by atoms with Crippen LogP contribution in [0.5, 0.6) is 5.75 Å². The van der Waals surface area contributed by atoms with Crippen molar-refractivity contribution in [2.45, 2.75) is 26.3 Å². The number of hydrogen-bond acceptors (Lipinski definition) is 2. The standard InChI is InChI=1S/C12H17Cl2NO/c1-8(2)15-5-4-9-6-10(13)7-11(14)12(9)16-3/h6-8,15H,4-5H2,1-3H3. The Morgan fingerprint density at radius 3 is 2.56 bits per heavy atom. The summed E-state index contributed by atoms with van der Waals surface area (Å²) in [6.45, 7) is 5.11. The second kappa shape index (κ2) is 6.33. The van der Waals surface area contributed by atoms with Crippen LogP contribution in [0.2, 0.25) is 10.0 Å². The zero-order valence-corrected chi connectivity index (χ0v) is 11.3. The van der Waals surface area contributed by atoms with Crippen LogP contribution in [0.4, 0.5) is 0 Å². The minimum atomic E-state index is 0.473. The van der Waals surface area contributed by atoms with Gasteiger partial charge in [-0.15, -0.1) is 0 Å². The molecular formula is C12H17Cl2NO. The molecule has 0 saturated heterocycles. The molecule has 0 aliphatic heterocycles. The number of hydrogen-bond donors (Lipinski definition) is 1. The first-order chi connectivity index (χ1) is 7.54. The summed E-state index contributed by atoms with van der Waals surface area (Å²) in [6.07, 6.45) is 0.849. The Bertz CT molecular complexity index is 353. The summed E-state index contributed by atoms with van der Waals surface area (Å²) < 4.78 is 5.27. The fraction of sp³-hybridized carbons (Fsp3) is 0.500. The quantitative estimate of drug-likeness (QED) is 0.876. The van der Waals surface area contributed by atoms with E-state index in [0.717, 1.165) is 24.3 Å². The fourth-order valence-electron chi connectivity index (χ4n) is 1.52. The Hall–Kier alpha value is -0.440. The number of halogens is 2. The van der Waals surface area contributed by atoms with Crippen LogP contribution in [0.3, 0.4) is 0 Å². The smallest absolute Gasteiger partial charge is 0.140 e. The van der Waals surface area contributed by atoms with E-state index in [1.807, 2.05) is 6.07 Å². The number of nitrogens with one attached hydrogen (secondary N) is 1. The monoisotopic (exact) mass is 261 g/mol. The highest BCUT2D eigenvalue weighted by Crippen LogP contribution is 2.32. The zero-order chi connectivity index (χ0) is 12.1. The molecule has 0 heterocycles. The maximum atomic E-state index is 6.05. The molecule has 0 unspecified atom stereocenters. The van der Waals surface area contributed by atoms with Gasteiger partial charge in [0.25, 0.3) is 0 Å². The zero-order valence-electron chi connectivity index (χ0n) is 9.81. The summed E-state index contributed by atoms with van der Waals surface area (Å²) in [5.74, 6) is 0.719. The Labute approximate surface area is 107 Å². The third-order valence-corrected chi connectivity index (χ3v) is 2.74. The van der Waals surface area contributed by atoms with Crippen LogP contribution >= 0.6 is 23.2 Å². The lowest BCUT2D eigenvalue weighted by molar-refractivity contribution is 0.409. The SMILES string of the molecule is COc1c(Cl)cc(Cl)cc1CCNC(C)C.